The Hall–Kier alpha value is -3.25. The van der Waals surface area contributed by atoms with Crippen LogP contribution in [-0.2, 0) is 9.53 Å². The molecule has 2 aromatic carbocycles. The molecule has 0 aliphatic carbocycles. The topological polar surface area (TPSA) is 85.7 Å². The van der Waals surface area contributed by atoms with Crippen LogP contribution >= 0.6 is 0 Å². The van der Waals surface area contributed by atoms with E-state index in [0.29, 0.717) is 23.6 Å². The Labute approximate surface area is 169 Å². The number of hydrogen-bond acceptors (Lipinski definition) is 5. The Kier molecular flexibility index (Phi) is 5.66. The van der Waals surface area contributed by atoms with Crippen LogP contribution in [0.1, 0.15) is 36.7 Å². The molecule has 1 heterocycles. The van der Waals surface area contributed by atoms with Gasteiger partial charge in [0.15, 0.2) is 5.60 Å². The Bertz CT molecular complexity index is 1070. The quantitative estimate of drug-likeness (QED) is 0.485. The second kappa shape index (κ2) is 8.01. The normalized spacial score (nSPS) is 11.4. The lowest BCUT2D eigenvalue weighted by Crippen LogP contribution is -2.38. The van der Waals surface area contributed by atoms with Crippen LogP contribution in [0, 0.1) is 6.92 Å². The van der Waals surface area contributed by atoms with E-state index in [-0.39, 0.29) is 5.56 Å². The van der Waals surface area contributed by atoms with Crippen LogP contribution in [0.25, 0.3) is 22.2 Å². The van der Waals surface area contributed by atoms with Gasteiger partial charge < -0.3 is 14.6 Å². The van der Waals surface area contributed by atoms with Crippen LogP contribution < -0.4 is 4.74 Å². The average Bonchev–Trinajstić information content (AvgIpc) is 2.68. The summed E-state index contributed by atoms with van der Waals surface area (Å²) in [7, 11) is 0. The van der Waals surface area contributed by atoms with Crippen molar-refractivity contribution in [1.82, 2.24) is 4.98 Å². The second-order valence-electron chi connectivity index (χ2n) is 7.19. The van der Waals surface area contributed by atoms with Crippen molar-refractivity contribution in [1.29, 1.82) is 0 Å². The molecule has 0 amide bonds. The summed E-state index contributed by atoms with van der Waals surface area (Å²) in [5.74, 6) is -1.20. The fourth-order valence-electron chi connectivity index (χ4n) is 3.06. The SMILES string of the molecule is CCOC(C)(C)C(=O)Oc1ccc(-c2nc3cccc(C)c3cc2C(=O)O)cc1. The zero-order valence-corrected chi connectivity index (χ0v) is 16.9. The number of esters is 1. The molecule has 6 heteroatoms. The number of benzene rings is 2. The summed E-state index contributed by atoms with van der Waals surface area (Å²) in [4.78, 5) is 28.6. The number of rotatable bonds is 6. The van der Waals surface area contributed by atoms with Gasteiger partial charge in [0.2, 0.25) is 0 Å². The predicted octanol–water partition coefficient (Wildman–Crippen LogP) is 4.63. The number of carboxylic acid groups (broad SMARTS) is 1. The largest absolute Gasteiger partial charge is 0.478 e. The maximum atomic E-state index is 12.3. The van der Waals surface area contributed by atoms with Crippen molar-refractivity contribution in [2.24, 2.45) is 0 Å². The lowest BCUT2D eigenvalue weighted by molar-refractivity contribution is -0.157. The molecule has 0 radical (unpaired) electrons. The fourth-order valence-corrected chi connectivity index (χ4v) is 3.06. The number of carbonyl (C=O) groups excluding carboxylic acids is 1. The van der Waals surface area contributed by atoms with Gasteiger partial charge in [-0.05, 0) is 69.7 Å². The lowest BCUT2D eigenvalue weighted by atomic mass is 10.0. The van der Waals surface area contributed by atoms with E-state index in [9.17, 15) is 14.7 Å². The Morgan fingerprint density at radius 3 is 2.41 bits per heavy atom. The van der Waals surface area contributed by atoms with Crippen molar-refractivity contribution < 1.29 is 24.2 Å². The number of ether oxygens (including phenoxy) is 2. The minimum atomic E-state index is -1.05. The van der Waals surface area contributed by atoms with Crippen molar-refractivity contribution in [3.63, 3.8) is 0 Å². The first-order valence-electron chi connectivity index (χ1n) is 9.33. The molecule has 0 bridgehead atoms. The Morgan fingerprint density at radius 1 is 1.10 bits per heavy atom. The van der Waals surface area contributed by atoms with E-state index in [1.807, 2.05) is 32.0 Å². The van der Waals surface area contributed by atoms with Gasteiger partial charge in [-0.2, -0.15) is 0 Å². The van der Waals surface area contributed by atoms with Gasteiger partial charge in [-0.1, -0.05) is 12.1 Å². The first-order valence-corrected chi connectivity index (χ1v) is 9.33. The molecule has 29 heavy (non-hydrogen) atoms. The number of fused-ring (bicyclic) bond motifs is 1. The molecule has 1 N–H and O–H groups in total. The molecule has 0 fully saturated rings. The van der Waals surface area contributed by atoms with Crippen LogP contribution in [-0.4, -0.2) is 34.2 Å². The van der Waals surface area contributed by atoms with E-state index in [1.165, 1.54) is 0 Å². The van der Waals surface area contributed by atoms with Crippen LogP contribution in [0.2, 0.25) is 0 Å². The number of pyridine rings is 1. The van der Waals surface area contributed by atoms with E-state index in [0.717, 1.165) is 16.5 Å². The molecule has 1 aromatic heterocycles. The van der Waals surface area contributed by atoms with E-state index >= 15 is 0 Å². The molecule has 3 aromatic rings. The summed E-state index contributed by atoms with van der Waals surface area (Å²) in [5.41, 5.74) is 1.73. The first-order chi connectivity index (χ1) is 13.7. The third kappa shape index (κ3) is 4.27. The van der Waals surface area contributed by atoms with E-state index in [2.05, 4.69) is 4.98 Å². The van der Waals surface area contributed by atoms with E-state index < -0.39 is 17.5 Å². The highest BCUT2D eigenvalue weighted by Crippen LogP contribution is 2.29. The van der Waals surface area contributed by atoms with E-state index in [4.69, 9.17) is 9.47 Å². The summed E-state index contributed by atoms with van der Waals surface area (Å²) in [6, 6.07) is 13.9. The Morgan fingerprint density at radius 2 is 1.79 bits per heavy atom. The van der Waals surface area contributed by atoms with Crippen molar-refractivity contribution in [2.45, 2.75) is 33.3 Å². The maximum Gasteiger partial charge on any atom is 0.343 e. The van der Waals surface area contributed by atoms with Crippen LogP contribution in [0.4, 0.5) is 0 Å². The number of hydrogen-bond donors (Lipinski definition) is 1. The van der Waals surface area contributed by atoms with Crippen molar-refractivity contribution >= 4 is 22.8 Å². The van der Waals surface area contributed by atoms with Crippen molar-refractivity contribution in [2.75, 3.05) is 6.61 Å². The van der Waals surface area contributed by atoms with Gasteiger partial charge in [0.25, 0.3) is 0 Å². The number of aromatic carboxylic acids is 1. The molecule has 0 saturated heterocycles. The van der Waals surface area contributed by atoms with Gasteiger partial charge in [0.05, 0.1) is 16.8 Å². The molecule has 0 unspecified atom stereocenters. The monoisotopic (exact) mass is 393 g/mol. The average molecular weight is 393 g/mol. The minimum Gasteiger partial charge on any atom is -0.478 e. The summed E-state index contributed by atoms with van der Waals surface area (Å²) < 4.78 is 10.8. The third-order valence-electron chi connectivity index (χ3n) is 4.64. The van der Waals surface area contributed by atoms with Crippen LogP contribution in [0.3, 0.4) is 0 Å². The zero-order valence-electron chi connectivity index (χ0n) is 16.9. The summed E-state index contributed by atoms with van der Waals surface area (Å²) in [6.45, 7) is 7.41. The minimum absolute atomic E-state index is 0.119. The molecular weight excluding hydrogens is 370 g/mol. The fraction of sp³-hybridized carbons (Fsp3) is 0.261. The number of nitrogens with zero attached hydrogens (tertiary/aromatic N) is 1. The van der Waals surface area contributed by atoms with Gasteiger partial charge in [0, 0.05) is 17.6 Å². The number of aromatic nitrogens is 1. The van der Waals surface area contributed by atoms with Crippen molar-refractivity contribution in [3.05, 3.63) is 59.7 Å². The van der Waals surface area contributed by atoms with Crippen LogP contribution in [0.5, 0.6) is 5.75 Å². The predicted molar refractivity (Wildman–Crippen MR) is 110 cm³/mol. The smallest absolute Gasteiger partial charge is 0.343 e. The highest BCUT2D eigenvalue weighted by Gasteiger charge is 2.30. The van der Waals surface area contributed by atoms with Crippen molar-refractivity contribution in [3.8, 4) is 17.0 Å². The van der Waals surface area contributed by atoms with Gasteiger partial charge in [-0.3, -0.25) is 0 Å². The van der Waals surface area contributed by atoms with Gasteiger partial charge in [0.1, 0.15) is 5.75 Å². The van der Waals surface area contributed by atoms with Crippen LogP contribution in [0.15, 0.2) is 48.5 Å². The van der Waals surface area contributed by atoms with E-state index in [1.54, 1.807) is 44.2 Å². The molecular formula is C23H23NO5. The molecule has 0 saturated carbocycles. The molecule has 0 spiro atoms. The summed E-state index contributed by atoms with van der Waals surface area (Å²) in [6.07, 6.45) is 0. The molecule has 3 rings (SSSR count). The lowest BCUT2D eigenvalue weighted by Gasteiger charge is -2.22. The standard InChI is InChI=1S/C23H23NO5/c1-5-28-23(3,4)22(27)29-16-11-9-15(10-12-16)20-18(21(25)26)13-17-14(2)7-6-8-19(17)24-20/h6-13H,5H2,1-4H3,(H,25,26). The first kappa shape index (κ1) is 20.5. The molecule has 0 aliphatic rings. The maximum absolute atomic E-state index is 12.3. The molecule has 0 atom stereocenters. The number of carboxylic acids is 1. The summed E-state index contributed by atoms with van der Waals surface area (Å²) >= 11 is 0. The number of carbonyl (C=O) groups is 2. The third-order valence-corrected chi connectivity index (χ3v) is 4.64. The molecule has 6 nitrogen and oxygen atoms in total. The second-order valence-corrected chi connectivity index (χ2v) is 7.19. The Balaban J connectivity index is 1.95. The van der Waals surface area contributed by atoms with Gasteiger partial charge in [-0.15, -0.1) is 0 Å². The zero-order chi connectivity index (χ0) is 21.2. The summed E-state index contributed by atoms with van der Waals surface area (Å²) in [5, 5.41) is 10.5. The highest BCUT2D eigenvalue weighted by atomic mass is 16.6. The van der Waals surface area contributed by atoms with Gasteiger partial charge in [-0.25, -0.2) is 14.6 Å². The number of aryl methyl sites for hydroxylation is 1. The molecule has 150 valence electrons. The molecule has 0 aliphatic heterocycles. The van der Waals surface area contributed by atoms with Gasteiger partial charge >= 0.3 is 11.9 Å². The highest BCUT2D eigenvalue weighted by molar-refractivity contribution is 6.00.